The predicted octanol–water partition coefficient (Wildman–Crippen LogP) is 1.57. The number of thiophene rings is 1. The maximum absolute atomic E-state index is 5.50. The molecule has 2 aromatic heterocycles. The topological polar surface area (TPSA) is 79.6 Å². The summed E-state index contributed by atoms with van der Waals surface area (Å²) < 4.78 is 7.47. The van der Waals surface area contributed by atoms with Crippen LogP contribution in [0.4, 0.5) is 0 Å². The molecule has 0 spiro atoms. The van der Waals surface area contributed by atoms with Gasteiger partial charge in [-0.05, 0) is 38.6 Å². The predicted molar refractivity (Wildman–Crippen MR) is 117 cm³/mol. The summed E-state index contributed by atoms with van der Waals surface area (Å²) in [4.78, 5) is 8.61. The van der Waals surface area contributed by atoms with E-state index in [0.717, 1.165) is 63.4 Å². The third-order valence-electron chi connectivity index (χ3n) is 5.36. The molecule has 1 saturated heterocycles. The third kappa shape index (κ3) is 6.25. The fraction of sp³-hybridized carbons (Fsp3) is 0.650. The molecule has 3 heterocycles. The Labute approximate surface area is 177 Å². The highest BCUT2D eigenvalue weighted by Crippen LogP contribution is 2.15. The number of hydrogen-bond donors (Lipinski definition) is 2. The molecule has 9 heteroatoms. The highest BCUT2D eigenvalue weighted by atomic mass is 32.1. The first-order chi connectivity index (χ1) is 14.0. The lowest BCUT2D eigenvalue weighted by molar-refractivity contribution is -0.00834. The van der Waals surface area contributed by atoms with Crippen LogP contribution in [0.15, 0.2) is 22.5 Å². The van der Waals surface area contributed by atoms with E-state index < -0.39 is 0 Å². The van der Waals surface area contributed by atoms with Gasteiger partial charge in [0.15, 0.2) is 11.8 Å². The molecule has 1 fully saturated rings. The van der Waals surface area contributed by atoms with Gasteiger partial charge in [-0.3, -0.25) is 4.90 Å². The van der Waals surface area contributed by atoms with Crippen molar-refractivity contribution in [3.8, 4) is 0 Å². The molecule has 29 heavy (non-hydrogen) atoms. The molecular weight excluding hydrogens is 386 g/mol. The SMILES string of the molecule is Cc1nnc(CN=C(NCCc2cccs2)NCC(C)(C)N2CCOCC2)n1C. The van der Waals surface area contributed by atoms with E-state index in [1.807, 2.05) is 18.5 Å². The van der Waals surface area contributed by atoms with E-state index in [-0.39, 0.29) is 5.54 Å². The quantitative estimate of drug-likeness (QED) is 0.500. The Morgan fingerprint density at radius 2 is 2.07 bits per heavy atom. The van der Waals surface area contributed by atoms with Gasteiger partial charge in [-0.2, -0.15) is 0 Å². The van der Waals surface area contributed by atoms with Gasteiger partial charge in [-0.15, -0.1) is 21.5 Å². The molecule has 8 nitrogen and oxygen atoms in total. The summed E-state index contributed by atoms with van der Waals surface area (Å²) in [7, 11) is 1.97. The van der Waals surface area contributed by atoms with Crippen LogP contribution >= 0.6 is 11.3 Å². The first kappa shape index (κ1) is 21.7. The first-order valence-electron chi connectivity index (χ1n) is 10.2. The van der Waals surface area contributed by atoms with Crippen LogP contribution in [0.3, 0.4) is 0 Å². The molecule has 0 amide bonds. The zero-order valence-electron chi connectivity index (χ0n) is 17.9. The number of nitrogens with one attached hydrogen (secondary N) is 2. The summed E-state index contributed by atoms with van der Waals surface area (Å²) in [6, 6.07) is 4.26. The number of nitrogens with zero attached hydrogens (tertiary/aromatic N) is 5. The summed E-state index contributed by atoms with van der Waals surface area (Å²) in [6.07, 6.45) is 0.980. The van der Waals surface area contributed by atoms with Gasteiger partial charge in [-0.25, -0.2) is 4.99 Å². The molecule has 1 aliphatic heterocycles. The summed E-state index contributed by atoms with van der Waals surface area (Å²) in [6.45, 7) is 12.1. The Bertz CT molecular complexity index is 779. The van der Waals surface area contributed by atoms with Crippen molar-refractivity contribution in [1.29, 1.82) is 0 Å². The average Bonchev–Trinajstić information content (AvgIpc) is 3.35. The van der Waals surface area contributed by atoms with Crippen molar-refractivity contribution in [3.63, 3.8) is 0 Å². The van der Waals surface area contributed by atoms with Gasteiger partial charge in [0.25, 0.3) is 0 Å². The van der Waals surface area contributed by atoms with Crippen LogP contribution in [0.2, 0.25) is 0 Å². The molecule has 2 N–H and O–H groups in total. The van der Waals surface area contributed by atoms with Crippen LogP contribution in [-0.4, -0.2) is 70.6 Å². The van der Waals surface area contributed by atoms with E-state index >= 15 is 0 Å². The maximum Gasteiger partial charge on any atom is 0.191 e. The van der Waals surface area contributed by atoms with Crippen LogP contribution in [0.5, 0.6) is 0 Å². The molecular formula is C20H33N7OS. The molecule has 0 atom stereocenters. The molecule has 2 aromatic rings. The number of rotatable bonds is 8. The number of aromatic nitrogens is 3. The number of hydrogen-bond acceptors (Lipinski definition) is 6. The Hall–Kier alpha value is -1.97. The maximum atomic E-state index is 5.50. The van der Waals surface area contributed by atoms with Crippen LogP contribution in [0.1, 0.15) is 30.4 Å². The number of aryl methyl sites for hydroxylation is 1. The lowest BCUT2D eigenvalue weighted by atomic mass is 10.0. The lowest BCUT2D eigenvalue weighted by Gasteiger charge is -2.41. The van der Waals surface area contributed by atoms with Crippen molar-refractivity contribution in [2.75, 3.05) is 39.4 Å². The van der Waals surface area contributed by atoms with E-state index in [1.165, 1.54) is 4.88 Å². The van der Waals surface area contributed by atoms with Crippen molar-refractivity contribution >= 4 is 17.3 Å². The largest absolute Gasteiger partial charge is 0.379 e. The highest BCUT2D eigenvalue weighted by Gasteiger charge is 2.28. The van der Waals surface area contributed by atoms with Crippen molar-refractivity contribution < 1.29 is 4.74 Å². The van der Waals surface area contributed by atoms with Gasteiger partial charge < -0.3 is 19.9 Å². The highest BCUT2D eigenvalue weighted by molar-refractivity contribution is 7.09. The van der Waals surface area contributed by atoms with Crippen molar-refractivity contribution in [2.24, 2.45) is 12.0 Å². The molecule has 0 unspecified atom stereocenters. The standard InChI is InChI=1S/C20H33N7OS/c1-16-24-25-18(26(16)4)14-22-19(21-8-7-17-6-5-13-29-17)23-15-20(2,3)27-9-11-28-12-10-27/h5-6,13H,7-12,14-15H2,1-4H3,(H2,21,22,23). The average molecular weight is 420 g/mol. The van der Waals surface area contributed by atoms with Gasteiger partial charge in [0.05, 0.1) is 13.2 Å². The number of morpholine rings is 1. The summed E-state index contributed by atoms with van der Waals surface area (Å²) >= 11 is 1.79. The van der Waals surface area contributed by atoms with Crippen LogP contribution in [0, 0.1) is 6.92 Å². The van der Waals surface area contributed by atoms with E-state index in [1.54, 1.807) is 11.3 Å². The van der Waals surface area contributed by atoms with Crippen LogP contribution in [0.25, 0.3) is 0 Å². The van der Waals surface area contributed by atoms with Crippen molar-refractivity contribution in [3.05, 3.63) is 34.0 Å². The second kappa shape index (κ2) is 10.2. The minimum absolute atomic E-state index is 0.0152. The summed E-state index contributed by atoms with van der Waals surface area (Å²) in [5, 5.41) is 17.5. The molecule has 0 radical (unpaired) electrons. The zero-order chi connectivity index (χ0) is 20.7. The number of ether oxygens (including phenoxy) is 1. The zero-order valence-corrected chi connectivity index (χ0v) is 18.8. The Kier molecular flexibility index (Phi) is 7.63. The summed E-state index contributed by atoms with van der Waals surface area (Å²) in [5.41, 5.74) is 0.0152. The monoisotopic (exact) mass is 419 g/mol. The minimum atomic E-state index is 0.0152. The van der Waals surface area contributed by atoms with Crippen LogP contribution < -0.4 is 10.6 Å². The number of aliphatic imine (C=N–C) groups is 1. The van der Waals surface area contributed by atoms with Gasteiger partial charge in [0, 0.05) is 43.6 Å². The van der Waals surface area contributed by atoms with Crippen molar-refractivity contribution in [2.45, 2.75) is 39.3 Å². The van der Waals surface area contributed by atoms with E-state index in [4.69, 9.17) is 9.73 Å². The van der Waals surface area contributed by atoms with Gasteiger partial charge in [0.2, 0.25) is 0 Å². The fourth-order valence-corrected chi connectivity index (χ4v) is 3.96. The Balaban J connectivity index is 1.60. The molecule has 0 aliphatic carbocycles. The Morgan fingerprint density at radius 3 is 2.72 bits per heavy atom. The second-order valence-electron chi connectivity index (χ2n) is 7.91. The van der Waals surface area contributed by atoms with E-state index in [0.29, 0.717) is 6.54 Å². The third-order valence-corrected chi connectivity index (χ3v) is 6.30. The van der Waals surface area contributed by atoms with E-state index in [9.17, 15) is 0 Å². The van der Waals surface area contributed by atoms with E-state index in [2.05, 4.69) is 57.1 Å². The van der Waals surface area contributed by atoms with Gasteiger partial charge >= 0.3 is 0 Å². The normalized spacial score (nSPS) is 16.2. The smallest absolute Gasteiger partial charge is 0.191 e. The fourth-order valence-electron chi connectivity index (χ4n) is 3.25. The van der Waals surface area contributed by atoms with Crippen LogP contribution in [-0.2, 0) is 24.8 Å². The van der Waals surface area contributed by atoms with Gasteiger partial charge in [-0.1, -0.05) is 6.07 Å². The van der Waals surface area contributed by atoms with Gasteiger partial charge in [0.1, 0.15) is 12.4 Å². The lowest BCUT2D eigenvalue weighted by Crippen LogP contribution is -2.56. The Morgan fingerprint density at radius 1 is 1.28 bits per heavy atom. The summed E-state index contributed by atoms with van der Waals surface area (Å²) in [5.74, 6) is 2.56. The van der Waals surface area contributed by atoms with Crippen molar-refractivity contribution in [1.82, 2.24) is 30.3 Å². The molecule has 0 aromatic carbocycles. The molecule has 1 aliphatic rings. The first-order valence-corrected chi connectivity index (χ1v) is 11.1. The minimum Gasteiger partial charge on any atom is -0.379 e. The molecule has 0 bridgehead atoms. The molecule has 3 rings (SSSR count). The number of guanidine groups is 1. The second-order valence-corrected chi connectivity index (χ2v) is 8.94. The molecule has 160 valence electrons. The molecule has 0 saturated carbocycles.